The molecule has 2 nitrogen and oxygen atoms in total. The third-order valence-corrected chi connectivity index (χ3v) is 8.45. The molecule has 3 saturated carbocycles. The molecule has 4 rings (SSSR count). The highest BCUT2D eigenvalue weighted by molar-refractivity contribution is 5.91. The summed E-state index contributed by atoms with van der Waals surface area (Å²) in [6.45, 7) is 6.65. The Morgan fingerprint density at radius 1 is 1.04 bits per heavy atom. The van der Waals surface area contributed by atoms with Crippen LogP contribution in [0.15, 0.2) is 11.6 Å². The van der Waals surface area contributed by atoms with Crippen LogP contribution in [-0.4, -0.2) is 11.6 Å². The first-order chi connectivity index (χ1) is 10.9. The lowest BCUT2D eigenvalue weighted by molar-refractivity contribution is -0.128. The summed E-state index contributed by atoms with van der Waals surface area (Å²) in [5.74, 6) is 3.29. The first-order valence-corrected chi connectivity index (χ1v) is 9.60. The van der Waals surface area contributed by atoms with Crippen LogP contribution in [0.5, 0.6) is 0 Å². The summed E-state index contributed by atoms with van der Waals surface area (Å²) in [4.78, 5) is 24.0. The number of ketones is 2. The molecular weight excluding hydrogens is 284 g/mol. The Morgan fingerprint density at radius 3 is 2.57 bits per heavy atom. The van der Waals surface area contributed by atoms with Crippen LogP contribution in [0.1, 0.15) is 72.1 Å². The van der Waals surface area contributed by atoms with E-state index in [0.717, 1.165) is 43.4 Å². The van der Waals surface area contributed by atoms with Crippen molar-refractivity contribution in [1.29, 1.82) is 0 Å². The van der Waals surface area contributed by atoms with E-state index in [1.165, 1.54) is 31.3 Å². The Morgan fingerprint density at radius 2 is 1.83 bits per heavy atom. The Bertz CT molecular complexity index is 589. The molecule has 0 spiro atoms. The number of carbonyl (C=O) groups is 2. The summed E-state index contributed by atoms with van der Waals surface area (Å²) < 4.78 is 0. The molecule has 0 aromatic heterocycles. The van der Waals surface area contributed by atoms with Crippen LogP contribution in [0.25, 0.3) is 0 Å². The van der Waals surface area contributed by atoms with E-state index in [1.807, 2.05) is 6.08 Å². The van der Waals surface area contributed by atoms with Gasteiger partial charge in [-0.1, -0.05) is 19.4 Å². The summed E-state index contributed by atoms with van der Waals surface area (Å²) in [5, 5.41) is 0. The highest BCUT2D eigenvalue weighted by Crippen LogP contribution is 2.66. The van der Waals surface area contributed by atoms with Gasteiger partial charge in [-0.05, 0) is 86.5 Å². The normalized spacial score (nSPS) is 49.0. The fourth-order valence-corrected chi connectivity index (χ4v) is 7.23. The molecule has 4 aliphatic carbocycles. The zero-order valence-corrected chi connectivity index (χ0v) is 14.9. The average molecular weight is 314 g/mol. The van der Waals surface area contributed by atoms with Crippen LogP contribution >= 0.6 is 0 Å². The van der Waals surface area contributed by atoms with Crippen LogP contribution in [0.4, 0.5) is 0 Å². The molecule has 23 heavy (non-hydrogen) atoms. The van der Waals surface area contributed by atoms with Gasteiger partial charge in [-0.25, -0.2) is 0 Å². The Balaban J connectivity index is 1.67. The van der Waals surface area contributed by atoms with Crippen LogP contribution < -0.4 is 0 Å². The van der Waals surface area contributed by atoms with Crippen molar-refractivity contribution in [3.8, 4) is 0 Å². The fraction of sp³-hybridized carbons (Fsp3) is 0.810. The maximum Gasteiger partial charge on any atom is 0.155 e. The summed E-state index contributed by atoms with van der Waals surface area (Å²) >= 11 is 0. The number of Topliss-reactive ketones (excluding diaryl/α,β-unsaturated/α-hetero) is 1. The fourth-order valence-electron chi connectivity index (χ4n) is 7.23. The minimum Gasteiger partial charge on any atom is -0.300 e. The lowest BCUT2D eigenvalue weighted by Crippen LogP contribution is -2.51. The van der Waals surface area contributed by atoms with Crippen molar-refractivity contribution >= 4 is 11.6 Å². The van der Waals surface area contributed by atoms with Crippen LogP contribution in [-0.2, 0) is 9.59 Å². The second-order valence-electron chi connectivity index (χ2n) is 9.25. The van der Waals surface area contributed by atoms with Gasteiger partial charge in [0.15, 0.2) is 5.78 Å². The highest BCUT2D eigenvalue weighted by atomic mass is 16.1. The maximum absolute atomic E-state index is 12.1. The number of hydrogen-bond donors (Lipinski definition) is 0. The summed E-state index contributed by atoms with van der Waals surface area (Å²) in [5.41, 5.74) is 1.95. The lowest BCUT2D eigenvalue weighted by Gasteiger charge is -2.58. The van der Waals surface area contributed by atoms with Gasteiger partial charge >= 0.3 is 0 Å². The molecule has 0 aromatic carbocycles. The summed E-state index contributed by atoms with van der Waals surface area (Å²) in [6, 6.07) is 0. The van der Waals surface area contributed by atoms with Gasteiger partial charge < -0.3 is 0 Å². The third-order valence-electron chi connectivity index (χ3n) is 8.45. The van der Waals surface area contributed by atoms with Gasteiger partial charge in [-0.3, -0.25) is 9.59 Å². The van der Waals surface area contributed by atoms with Crippen molar-refractivity contribution in [2.45, 2.75) is 72.1 Å². The molecular formula is C21H30O2. The quantitative estimate of drug-likeness (QED) is 0.701. The number of allylic oxidation sites excluding steroid dienone is 1. The molecule has 0 aromatic rings. The molecule has 126 valence electrons. The van der Waals surface area contributed by atoms with Gasteiger partial charge in [0.2, 0.25) is 0 Å². The smallest absolute Gasteiger partial charge is 0.155 e. The van der Waals surface area contributed by atoms with Gasteiger partial charge in [0.25, 0.3) is 0 Å². The molecule has 3 fully saturated rings. The van der Waals surface area contributed by atoms with Crippen LogP contribution in [0.3, 0.4) is 0 Å². The SMILES string of the molecule is CC(=O)C1CCC2C3CCC4=CC(=O)CC[C@@]4(C)C3CCC12C. The molecule has 0 radical (unpaired) electrons. The van der Waals surface area contributed by atoms with E-state index in [9.17, 15) is 9.59 Å². The van der Waals surface area contributed by atoms with Gasteiger partial charge in [-0.15, -0.1) is 0 Å². The van der Waals surface area contributed by atoms with Crippen molar-refractivity contribution in [2.75, 3.05) is 0 Å². The molecule has 0 N–H and O–H groups in total. The van der Waals surface area contributed by atoms with Crippen LogP contribution in [0.2, 0.25) is 0 Å². The van der Waals surface area contributed by atoms with Crippen molar-refractivity contribution in [3.63, 3.8) is 0 Å². The topological polar surface area (TPSA) is 34.1 Å². The number of hydrogen-bond acceptors (Lipinski definition) is 2. The minimum absolute atomic E-state index is 0.245. The van der Waals surface area contributed by atoms with Crippen LogP contribution in [0, 0.1) is 34.5 Å². The molecule has 2 heteroatoms. The van der Waals surface area contributed by atoms with E-state index in [-0.39, 0.29) is 10.8 Å². The molecule has 0 aliphatic heterocycles. The van der Waals surface area contributed by atoms with E-state index in [1.54, 1.807) is 6.92 Å². The van der Waals surface area contributed by atoms with Crippen molar-refractivity contribution in [2.24, 2.45) is 34.5 Å². The van der Waals surface area contributed by atoms with Crippen molar-refractivity contribution < 1.29 is 9.59 Å². The predicted molar refractivity (Wildman–Crippen MR) is 90.9 cm³/mol. The number of rotatable bonds is 1. The Kier molecular flexibility index (Phi) is 3.42. The summed E-state index contributed by atoms with van der Waals surface area (Å²) in [7, 11) is 0. The first-order valence-electron chi connectivity index (χ1n) is 9.60. The largest absolute Gasteiger partial charge is 0.300 e. The first kappa shape index (κ1) is 15.6. The Labute approximate surface area is 140 Å². The van der Waals surface area contributed by atoms with Crippen molar-refractivity contribution in [1.82, 2.24) is 0 Å². The second kappa shape index (κ2) is 5.04. The zero-order chi connectivity index (χ0) is 16.4. The zero-order valence-electron chi connectivity index (χ0n) is 14.9. The maximum atomic E-state index is 12.1. The van der Waals surface area contributed by atoms with Gasteiger partial charge in [-0.2, -0.15) is 0 Å². The highest BCUT2D eigenvalue weighted by Gasteiger charge is 2.59. The van der Waals surface area contributed by atoms with E-state index in [2.05, 4.69) is 13.8 Å². The van der Waals surface area contributed by atoms with Gasteiger partial charge in [0, 0.05) is 12.3 Å². The van der Waals surface area contributed by atoms with E-state index in [4.69, 9.17) is 0 Å². The second-order valence-corrected chi connectivity index (χ2v) is 9.25. The minimum atomic E-state index is 0.245. The third kappa shape index (κ3) is 2.06. The molecule has 0 saturated heterocycles. The molecule has 0 heterocycles. The number of carbonyl (C=O) groups excluding carboxylic acids is 2. The van der Waals surface area contributed by atoms with E-state index >= 15 is 0 Å². The molecule has 0 amide bonds. The molecule has 6 atom stereocenters. The Hall–Kier alpha value is -0.920. The molecule has 5 unspecified atom stereocenters. The van der Waals surface area contributed by atoms with E-state index in [0.29, 0.717) is 17.5 Å². The van der Waals surface area contributed by atoms with Gasteiger partial charge in [0.05, 0.1) is 0 Å². The predicted octanol–water partition coefficient (Wildman–Crippen LogP) is 4.72. The number of fused-ring (bicyclic) bond motifs is 5. The van der Waals surface area contributed by atoms with Gasteiger partial charge in [0.1, 0.15) is 5.78 Å². The molecule has 4 aliphatic rings. The van der Waals surface area contributed by atoms with Crippen molar-refractivity contribution in [3.05, 3.63) is 11.6 Å². The van der Waals surface area contributed by atoms with E-state index < -0.39 is 0 Å². The summed E-state index contributed by atoms with van der Waals surface area (Å²) in [6.07, 6.45) is 10.9. The standard InChI is InChI=1S/C21H30O2/c1-13(22)17-6-7-18-16-5-4-14-12-15(23)8-10-20(14,2)19(16)9-11-21(17,18)3/h12,16-19H,4-11H2,1-3H3/t16?,17?,18?,19?,20-,21?/m1/s1. The average Bonchev–Trinajstić information content (AvgIpc) is 2.85. The molecule has 0 bridgehead atoms. The monoisotopic (exact) mass is 314 g/mol. The lowest BCUT2D eigenvalue weighted by atomic mass is 9.47.